The van der Waals surface area contributed by atoms with E-state index in [1.165, 1.54) is 5.56 Å². The maximum Gasteiger partial charge on any atom is 0.225 e. The van der Waals surface area contributed by atoms with Gasteiger partial charge >= 0.3 is 0 Å². The molecule has 0 unspecified atom stereocenters. The molecule has 1 spiro atoms. The summed E-state index contributed by atoms with van der Waals surface area (Å²) in [6, 6.07) is 10.4. The summed E-state index contributed by atoms with van der Waals surface area (Å²) in [7, 11) is 0. The molecule has 148 valence electrons. The highest BCUT2D eigenvalue weighted by molar-refractivity contribution is 5.80. The van der Waals surface area contributed by atoms with Crippen molar-refractivity contribution in [1.29, 1.82) is 0 Å². The van der Waals surface area contributed by atoms with Gasteiger partial charge in [-0.3, -0.25) is 9.59 Å². The van der Waals surface area contributed by atoms with Crippen LogP contribution in [0.1, 0.15) is 37.7 Å². The van der Waals surface area contributed by atoms with Crippen LogP contribution in [0, 0.1) is 5.41 Å². The van der Waals surface area contributed by atoms with Crippen molar-refractivity contribution < 1.29 is 14.7 Å². The summed E-state index contributed by atoms with van der Waals surface area (Å²) in [6.07, 6.45) is 3.62. The average molecular weight is 373 g/mol. The highest BCUT2D eigenvalue weighted by Crippen LogP contribution is 2.41. The molecular weight excluding hydrogens is 342 g/mol. The van der Waals surface area contributed by atoms with Crippen LogP contribution < -0.4 is 5.73 Å². The summed E-state index contributed by atoms with van der Waals surface area (Å²) in [5, 5.41) is 9.57. The first kappa shape index (κ1) is 19.8. The number of nitrogens with zero attached hydrogens (tertiary/aromatic N) is 2. The number of amides is 2. The first-order valence-electron chi connectivity index (χ1n) is 9.99. The molecule has 2 aliphatic heterocycles. The van der Waals surface area contributed by atoms with Gasteiger partial charge in [-0.25, -0.2) is 0 Å². The molecule has 2 heterocycles. The van der Waals surface area contributed by atoms with Crippen LogP contribution in [0.5, 0.6) is 0 Å². The van der Waals surface area contributed by atoms with E-state index in [0.29, 0.717) is 19.5 Å². The van der Waals surface area contributed by atoms with Crippen molar-refractivity contribution in [2.24, 2.45) is 11.1 Å². The Morgan fingerprint density at radius 3 is 2.59 bits per heavy atom. The predicted molar refractivity (Wildman–Crippen MR) is 104 cm³/mol. The highest BCUT2D eigenvalue weighted by atomic mass is 16.3. The van der Waals surface area contributed by atoms with Crippen molar-refractivity contribution in [3.8, 4) is 0 Å². The van der Waals surface area contributed by atoms with E-state index in [-0.39, 0.29) is 30.2 Å². The van der Waals surface area contributed by atoms with Crippen LogP contribution in [-0.4, -0.2) is 65.5 Å². The maximum atomic E-state index is 12.5. The first-order chi connectivity index (χ1) is 13.0. The second-order valence-corrected chi connectivity index (χ2v) is 8.06. The molecule has 2 aliphatic rings. The number of carbonyl (C=O) groups is 2. The van der Waals surface area contributed by atoms with Crippen molar-refractivity contribution in [3.63, 3.8) is 0 Å². The zero-order chi connectivity index (χ0) is 19.3. The molecule has 6 heteroatoms. The topological polar surface area (TPSA) is 86.9 Å². The van der Waals surface area contributed by atoms with Gasteiger partial charge in [-0.05, 0) is 31.2 Å². The van der Waals surface area contributed by atoms with Crippen molar-refractivity contribution in [1.82, 2.24) is 9.80 Å². The van der Waals surface area contributed by atoms with Gasteiger partial charge < -0.3 is 20.6 Å². The number of hydrogen-bond acceptors (Lipinski definition) is 4. The van der Waals surface area contributed by atoms with Crippen LogP contribution >= 0.6 is 0 Å². The van der Waals surface area contributed by atoms with Crippen LogP contribution in [0.15, 0.2) is 30.3 Å². The molecular formula is C21H31N3O3. The molecule has 2 fully saturated rings. The Labute approximate surface area is 161 Å². The van der Waals surface area contributed by atoms with Gasteiger partial charge in [0.2, 0.25) is 11.8 Å². The van der Waals surface area contributed by atoms with Gasteiger partial charge in [-0.2, -0.15) is 0 Å². The molecule has 1 atom stereocenters. The van der Waals surface area contributed by atoms with Crippen LogP contribution in [-0.2, 0) is 16.0 Å². The van der Waals surface area contributed by atoms with E-state index in [1.54, 1.807) is 0 Å². The summed E-state index contributed by atoms with van der Waals surface area (Å²) < 4.78 is 0. The largest absolute Gasteiger partial charge is 0.391 e. The number of rotatable bonds is 7. The molecule has 2 amide bonds. The number of nitrogens with two attached hydrogens (primary N) is 1. The zero-order valence-electron chi connectivity index (χ0n) is 16.0. The van der Waals surface area contributed by atoms with Crippen molar-refractivity contribution in [2.75, 3.05) is 32.7 Å². The minimum Gasteiger partial charge on any atom is -0.391 e. The minimum absolute atomic E-state index is 0.0209. The number of aryl methyl sites for hydroxylation is 1. The lowest BCUT2D eigenvalue weighted by molar-refractivity contribution is -0.135. The van der Waals surface area contributed by atoms with Gasteiger partial charge in [0, 0.05) is 44.6 Å². The molecule has 0 aromatic heterocycles. The van der Waals surface area contributed by atoms with Crippen molar-refractivity contribution >= 4 is 11.8 Å². The summed E-state index contributed by atoms with van der Waals surface area (Å²) >= 11 is 0. The number of aliphatic hydroxyl groups is 1. The van der Waals surface area contributed by atoms with Crippen LogP contribution in [0.3, 0.4) is 0 Å². The molecule has 3 N–H and O–H groups in total. The summed E-state index contributed by atoms with van der Waals surface area (Å²) in [5.41, 5.74) is 6.72. The van der Waals surface area contributed by atoms with Gasteiger partial charge in [-0.15, -0.1) is 0 Å². The zero-order valence-corrected chi connectivity index (χ0v) is 16.0. The second-order valence-electron chi connectivity index (χ2n) is 8.06. The fraction of sp³-hybridized carbons (Fsp3) is 0.619. The number of benzene rings is 1. The van der Waals surface area contributed by atoms with Crippen molar-refractivity contribution in [3.05, 3.63) is 35.9 Å². The van der Waals surface area contributed by atoms with E-state index in [1.807, 2.05) is 28.0 Å². The van der Waals surface area contributed by atoms with Gasteiger partial charge in [0.25, 0.3) is 0 Å². The van der Waals surface area contributed by atoms with Gasteiger partial charge in [0.05, 0.1) is 12.5 Å². The number of likely N-dealkylation sites (tertiary alicyclic amines) is 2. The van der Waals surface area contributed by atoms with Crippen molar-refractivity contribution in [2.45, 2.75) is 44.6 Å². The number of aliphatic hydroxyl groups excluding tert-OH is 1. The Morgan fingerprint density at radius 2 is 1.93 bits per heavy atom. The molecule has 3 rings (SSSR count). The Morgan fingerprint density at radius 1 is 1.22 bits per heavy atom. The summed E-state index contributed by atoms with van der Waals surface area (Å²) in [4.78, 5) is 28.5. The van der Waals surface area contributed by atoms with Crippen LogP contribution in [0.2, 0.25) is 0 Å². The number of piperidine rings is 1. The number of hydrogen-bond donors (Lipinski definition) is 2. The SMILES string of the molecule is NC[C@@H](O)CC(=O)N1CCC2(CC1)CC(=O)N(CCCc1ccccc1)C2. The predicted octanol–water partition coefficient (Wildman–Crippen LogP) is 1.17. The van der Waals surface area contributed by atoms with Gasteiger partial charge in [0.15, 0.2) is 0 Å². The molecule has 0 bridgehead atoms. The van der Waals surface area contributed by atoms with E-state index in [0.717, 1.165) is 38.8 Å². The normalized spacial score (nSPS) is 20.3. The van der Waals surface area contributed by atoms with Crippen LogP contribution in [0.4, 0.5) is 0 Å². The summed E-state index contributed by atoms with van der Waals surface area (Å²) in [6.45, 7) is 3.06. The standard InChI is InChI=1S/C21H31N3O3/c22-15-18(25)13-19(26)23-11-8-21(9-12-23)14-20(27)24(16-21)10-4-7-17-5-2-1-3-6-17/h1-3,5-6,18,25H,4,7-16,22H2/t18-/m0/s1. The third kappa shape index (κ3) is 5.08. The summed E-state index contributed by atoms with van der Waals surface area (Å²) in [5.74, 6) is 0.216. The molecule has 0 aliphatic carbocycles. The fourth-order valence-corrected chi connectivity index (χ4v) is 4.28. The monoisotopic (exact) mass is 373 g/mol. The van der Waals surface area contributed by atoms with E-state index < -0.39 is 6.10 Å². The Bertz CT molecular complexity index is 641. The Kier molecular flexibility index (Phi) is 6.50. The molecule has 1 aromatic carbocycles. The average Bonchev–Trinajstić information content (AvgIpc) is 2.98. The van der Waals surface area contributed by atoms with Gasteiger partial charge in [0.1, 0.15) is 0 Å². The minimum atomic E-state index is -0.762. The fourth-order valence-electron chi connectivity index (χ4n) is 4.28. The molecule has 27 heavy (non-hydrogen) atoms. The highest BCUT2D eigenvalue weighted by Gasteiger charge is 2.45. The smallest absolute Gasteiger partial charge is 0.225 e. The lowest BCUT2D eigenvalue weighted by Crippen LogP contribution is -2.45. The maximum absolute atomic E-state index is 12.5. The van der Waals surface area contributed by atoms with E-state index >= 15 is 0 Å². The van der Waals surface area contributed by atoms with Crippen LogP contribution in [0.25, 0.3) is 0 Å². The van der Waals surface area contributed by atoms with E-state index in [9.17, 15) is 14.7 Å². The first-order valence-corrected chi connectivity index (χ1v) is 9.99. The molecule has 2 saturated heterocycles. The van der Waals surface area contributed by atoms with E-state index in [2.05, 4.69) is 12.1 Å². The third-order valence-electron chi connectivity index (χ3n) is 6.00. The second kappa shape index (κ2) is 8.85. The molecule has 6 nitrogen and oxygen atoms in total. The molecule has 0 saturated carbocycles. The Hall–Kier alpha value is -1.92. The molecule has 1 aromatic rings. The third-order valence-corrected chi connectivity index (χ3v) is 6.00. The van der Waals surface area contributed by atoms with E-state index in [4.69, 9.17) is 5.73 Å². The van der Waals surface area contributed by atoms with Gasteiger partial charge in [-0.1, -0.05) is 30.3 Å². The lowest BCUT2D eigenvalue weighted by atomic mass is 9.77. The lowest BCUT2D eigenvalue weighted by Gasteiger charge is -2.39. The number of carbonyl (C=O) groups excluding carboxylic acids is 2. The Balaban J connectivity index is 1.45. The molecule has 0 radical (unpaired) electrons. The quantitative estimate of drug-likeness (QED) is 0.751.